The molecule has 6 heteroatoms. The minimum absolute atomic E-state index is 0.0850. The maximum absolute atomic E-state index is 11.5. The molecule has 0 aliphatic heterocycles. The lowest BCUT2D eigenvalue weighted by Gasteiger charge is -2.05. The standard InChI is InChI=1S/C13H11NO3S2/c1-3-10-5-7-11(8-6-10)13-12(9-18-14-13)17-19(15,16)4-2/h1,5-9H,4H2,2H3. The van der Waals surface area contributed by atoms with Gasteiger partial charge < -0.3 is 4.18 Å². The second-order valence-electron chi connectivity index (χ2n) is 3.68. The molecule has 0 spiro atoms. The van der Waals surface area contributed by atoms with Crippen LogP contribution in [0.15, 0.2) is 29.6 Å². The van der Waals surface area contributed by atoms with Crippen LogP contribution in [0.1, 0.15) is 12.5 Å². The van der Waals surface area contributed by atoms with Crippen LogP contribution in [0, 0.1) is 12.3 Å². The Morgan fingerprint density at radius 2 is 2.05 bits per heavy atom. The molecule has 98 valence electrons. The van der Waals surface area contributed by atoms with Crippen LogP contribution in [0.25, 0.3) is 11.3 Å². The summed E-state index contributed by atoms with van der Waals surface area (Å²) in [5.41, 5.74) is 2.02. The summed E-state index contributed by atoms with van der Waals surface area (Å²) in [5, 5.41) is 1.57. The lowest BCUT2D eigenvalue weighted by molar-refractivity contribution is 0.489. The molecule has 0 atom stereocenters. The number of hydrogen-bond acceptors (Lipinski definition) is 5. The molecule has 0 N–H and O–H groups in total. The van der Waals surface area contributed by atoms with Crippen molar-refractivity contribution in [3.63, 3.8) is 0 Å². The fourth-order valence-corrected chi connectivity index (χ4v) is 2.59. The van der Waals surface area contributed by atoms with Crippen molar-refractivity contribution in [3.8, 4) is 29.4 Å². The second-order valence-corrected chi connectivity index (χ2v) is 6.17. The third-order valence-electron chi connectivity index (χ3n) is 2.43. The normalized spacial score (nSPS) is 10.9. The summed E-state index contributed by atoms with van der Waals surface area (Å²) < 4.78 is 32.1. The number of terminal acetylenes is 1. The van der Waals surface area contributed by atoms with Crippen molar-refractivity contribution in [2.24, 2.45) is 0 Å². The second kappa shape index (κ2) is 5.43. The zero-order chi connectivity index (χ0) is 13.9. The van der Waals surface area contributed by atoms with Crippen molar-refractivity contribution in [3.05, 3.63) is 35.2 Å². The van der Waals surface area contributed by atoms with E-state index in [1.165, 1.54) is 6.92 Å². The monoisotopic (exact) mass is 293 g/mol. The largest absolute Gasteiger partial charge is 0.379 e. The molecule has 0 bridgehead atoms. The molecule has 0 aliphatic rings. The van der Waals surface area contributed by atoms with Crippen LogP contribution in [-0.4, -0.2) is 18.5 Å². The molecular formula is C13H11NO3S2. The number of hydrogen-bond donors (Lipinski definition) is 0. The Kier molecular flexibility index (Phi) is 3.88. The fraction of sp³-hybridized carbons (Fsp3) is 0.154. The molecule has 2 rings (SSSR count). The molecule has 0 amide bonds. The van der Waals surface area contributed by atoms with Crippen molar-refractivity contribution >= 4 is 21.7 Å². The van der Waals surface area contributed by atoms with Gasteiger partial charge in [0.15, 0.2) is 5.75 Å². The molecule has 19 heavy (non-hydrogen) atoms. The summed E-state index contributed by atoms with van der Waals surface area (Å²) in [4.78, 5) is 0. The molecule has 0 saturated carbocycles. The van der Waals surface area contributed by atoms with Crippen molar-refractivity contribution in [1.82, 2.24) is 4.37 Å². The Balaban J connectivity index is 2.36. The van der Waals surface area contributed by atoms with Gasteiger partial charge in [0, 0.05) is 11.1 Å². The molecule has 4 nitrogen and oxygen atoms in total. The van der Waals surface area contributed by atoms with Gasteiger partial charge in [-0.3, -0.25) is 0 Å². The molecule has 0 aliphatic carbocycles. The minimum Gasteiger partial charge on any atom is -0.379 e. The molecule has 1 aromatic carbocycles. The van der Waals surface area contributed by atoms with Gasteiger partial charge in [0.1, 0.15) is 5.69 Å². The van der Waals surface area contributed by atoms with Crippen LogP contribution >= 0.6 is 11.5 Å². The highest BCUT2D eigenvalue weighted by atomic mass is 32.2. The smallest absolute Gasteiger partial charge is 0.309 e. The van der Waals surface area contributed by atoms with E-state index in [0.717, 1.165) is 22.7 Å². The lowest BCUT2D eigenvalue weighted by Crippen LogP contribution is -2.11. The Morgan fingerprint density at radius 3 is 2.63 bits per heavy atom. The van der Waals surface area contributed by atoms with E-state index in [2.05, 4.69) is 10.3 Å². The highest BCUT2D eigenvalue weighted by Crippen LogP contribution is 2.31. The summed E-state index contributed by atoms with van der Waals surface area (Å²) in [6, 6.07) is 7.12. The highest BCUT2D eigenvalue weighted by Gasteiger charge is 2.16. The van der Waals surface area contributed by atoms with E-state index in [9.17, 15) is 8.42 Å². The van der Waals surface area contributed by atoms with Crippen molar-refractivity contribution in [2.45, 2.75) is 6.92 Å². The summed E-state index contributed by atoms with van der Waals surface area (Å²) in [6.07, 6.45) is 5.28. The first kappa shape index (κ1) is 13.6. The molecule has 0 saturated heterocycles. The zero-order valence-corrected chi connectivity index (χ0v) is 11.8. The minimum atomic E-state index is -3.55. The van der Waals surface area contributed by atoms with E-state index in [1.807, 2.05) is 0 Å². The van der Waals surface area contributed by atoms with Gasteiger partial charge in [-0.25, -0.2) is 0 Å². The predicted molar refractivity (Wildman–Crippen MR) is 75.6 cm³/mol. The SMILES string of the molecule is C#Cc1ccc(-c2nscc2OS(=O)(=O)CC)cc1. The van der Waals surface area contributed by atoms with Crippen LogP contribution < -0.4 is 4.18 Å². The summed E-state index contributed by atoms with van der Waals surface area (Å²) in [7, 11) is -3.55. The Labute approximate surface area is 116 Å². The summed E-state index contributed by atoms with van der Waals surface area (Å²) in [6.45, 7) is 1.52. The molecular weight excluding hydrogens is 282 g/mol. The average Bonchev–Trinajstić information content (AvgIpc) is 2.86. The van der Waals surface area contributed by atoms with E-state index in [4.69, 9.17) is 10.6 Å². The van der Waals surface area contributed by atoms with Crippen molar-refractivity contribution in [2.75, 3.05) is 5.75 Å². The molecule has 0 fully saturated rings. The van der Waals surface area contributed by atoms with Crippen LogP contribution in [0.4, 0.5) is 0 Å². The van der Waals surface area contributed by atoms with Crippen LogP contribution in [-0.2, 0) is 10.1 Å². The van der Waals surface area contributed by atoms with E-state index >= 15 is 0 Å². The van der Waals surface area contributed by atoms with E-state index in [1.54, 1.807) is 29.6 Å². The first-order chi connectivity index (χ1) is 9.05. The van der Waals surface area contributed by atoms with Crippen molar-refractivity contribution < 1.29 is 12.6 Å². The van der Waals surface area contributed by atoms with Gasteiger partial charge in [-0.15, -0.1) is 6.42 Å². The maximum atomic E-state index is 11.5. The fourth-order valence-electron chi connectivity index (χ4n) is 1.40. The first-order valence-corrected chi connectivity index (χ1v) is 7.90. The highest BCUT2D eigenvalue weighted by molar-refractivity contribution is 7.87. The number of benzene rings is 1. The van der Waals surface area contributed by atoms with Gasteiger partial charge in [-0.05, 0) is 30.6 Å². The number of aromatic nitrogens is 1. The Morgan fingerprint density at radius 1 is 1.37 bits per heavy atom. The topological polar surface area (TPSA) is 56.3 Å². The zero-order valence-electron chi connectivity index (χ0n) is 10.2. The van der Waals surface area contributed by atoms with Gasteiger partial charge in [0.05, 0.1) is 11.1 Å². The van der Waals surface area contributed by atoms with Gasteiger partial charge in [0.25, 0.3) is 0 Å². The predicted octanol–water partition coefficient (Wildman–Crippen LogP) is 2.52. The maximum Gasteiger partial charge on any atom is 0.309 e. The molecule has 1 aromatic heterocycles. The third kappa shape index (κ3) is 3.13. The van der Waals surface area contributed by atoms with E-state index in [-0.39, 0.29) is 11.5 Å². The number of rotatable bonds is 4. The average molecular weight is 293 g/mol. The third-order valence-corrected chi connectivity index (χ3v) is 4.18. The van der Waals surface area contributed by atoms with Crippen LogP contribution in [0.5, 0.6) is 5.75 Å². The molecule has 1 heterocycles. The summed E-state index contributed by atoms with van der Waals surface area (Å²) in [5.74, 6) is 2.68. The van der Waals surface area contributed by atoms with Gasteiger partial charge >= 0.3 is 10.1 Å². The number of nitrogens with zero attached hydrogens (tertiary/aromatic N) is 1. The summed E-state index contributed by atoms with van der Waals surface area (Å²) >= 11 is 1.14. The van der Waals surface area contributed by atoms with Gasteiger partial charge in [0.2, 0.25) is 0 Å². The van der Waals surface area contributed by atoms with Gasteiger partial charge in [-0.2, -0.15) is 12.8 Å². The Hall–Kier alpha value is -1.84. The lowest BCUT2D eigenvalue weighted by atomic mass is 10.1. The molecule has 0 radical (unpaired) electrons. The van der Waals surface area contributed by atoms with Crippen molar-refractivity contribution in [1.29, 1.82) is 0 Å². The molecule has 0 unspecified atom stereocenters. The first-order valence-electron chi connectivity index (χ1n) is 5.49. The molecule has 2 aromatic rings. The van der Waals surface area contributed by atoms with Gasteiger partial charge in [-0.1, -0.05) is 18.1 Å². The van der Waals surface area contributed by atoms with Crippen LogP contribution in [0.2, 0.25) is 0 Å². The van der Waals surface area contributed by atoms with E-state index < -0.39 is 10.1 Å². The quantitative estimate of drug-likeness (QED) is 0.642. The Bertz CT molecular complexity index is 709. The van der Waals surface area contributed by atoms with E-state index in [0.29, 0.717) is 5.69 Å². The van der Waals surface area contributed by atoms with Crippen LogP contribution in [0.3, 0.4) is 0 Å².